The molecule has 1 aliphatic heterocycles. The fourth-order valence-corrected chi connectivity index (χ4v) is 5.72. The van der Waals surface area contributed by atoms with E-state index in [0.29, 0.717) is 36.3 Å². The van der Waals surface area contributed by atoms with Gasteiger partial charge < -0.3 is 9.80 Å². The standard InChI is InChI=1S/C36H35F2N3O.C5H12/c1-24-8-4-5-13-34(24)41(23-27-9-6-11-31(37)21-27)26(3)28-16-18-40(19-17-28)36(42)30-14-15-33(25(2)20-30)35(39)29-10-7-12-32(38)22-29;1-4-5(2)3/h4-15,20-22,28,39H,3,16-19,23H2,1-2H3;5H,4H2,1-3H3. The average molecular weight is 636 g/mol. The molecule has 0 unspecified atom stereocenters. The average Bonchev–Trinajstić information content (AvgIpc) is 3.07. The molecule has 6 heteroatoms. The van der Waals surface area contributed by atoms with Crippen molar-refractivity contribution >= 4 is 17.3 Å². The van der Waals surface area contributed by atoms with Gasteiger partial charge in [-0.1, -0.05) is 82.3 Å². The summed E-state index contributed by atoms with van der Waals surface area (Å²) in [6, 6.07) is 26.1. The highest BCUT2D eigenvalue weighted by Crippen LogP contribution is 2.33. The van der Waals surface area contributed by atoms with Crippen molar-refractivity contribution in [1.29, 1.82) is 5.41 Å². The van der Waals surface area contributed by atoms with E-state index in [1.54, 1.807) is 36.4 Å². The summed E-state index contributed by atoms with van der Waals surface area (Å²) in [5, 5.41) is 8.54. The lowest BCUT2D eigenvalue weighted by molar-refractivity contribution is 0.0701. The van der Waals surface area contributed by atoms with Gasteiger partial charge in [-0.05, 0) is 91.8 Å². The molecule has 4 aromatic carbocycles. The van der Waals surface area contributed by atoms with Gasteiger partial charge in [0.2, 0.25) is 0 Å². The lowest BCUT2D eigenvalue weighted by atomic mass is 9.91. The first-order chi connectivity index (χ1) is 22.5. The predicted molar refractivity (Wildman–Crippen MR) is 190 cm³/mol. The third-order valence-electron chi connectivity index (χ3n) is 8.91. The van der Waals surface area contributed by atoms with Crippen LogP contribution in [0.25, 0.3) is 0 Å². The van der Waals surface area contributed by atoms with E-state index < -0.39 is 0 Å². The Labute approximate surface area is 279 Å². The number of nitrogens with zero attached hydrogens (tertiary/aromatic N) is 2. The van der Waals surface area contributed by atoms with E-state index in [0.717, 1.165) is 46.8 Å². The van der Waals surface area contributed by atoms with Crippen LogP contribution in [0.5, 0.6) is 0 Å². The highest BCUT2D eigenvalue weighted by molar-refractivity contribution is 6.12. The number of carbonyl (C=O) groups excluding carboxylic acids is 1. The van der Waals surface area contributed by atoms with Gasteiger partial charge in [0, 0.05) is 53.6 Å². The van der Waals surface area contributed by atoms with E-state index in [1.165, 1.54) is 24.6 Å². The normalized spacial score (nSPS) is 13.1. The maximum atomic E-state index is 14.0. The van der Waals surface area contributed by atoms with Gasteiger partial charge in [-0.3, -0.25) is 10.2 Å². The van der Waals surface area contributed by atoms with Crippen LogP contribution in [-0.4, -0.2) is 29.6 Å². The summed E-state index contributed by atoms with van der Waals surface area (Å²) < 4.78 is 27.7. The first kappa shape index (κ1) is 35.3. The summed E-state index contributed by atoms with van der Waals surface area (Å²) in [7, 11) is 0. The van der Waals surface area contributed by atoms with Crippen LogP contribution in [-0.2, 0) is 6.54 Å². The van der Waals surface area contributed by atoms with Crippen molar-refractivity contribution in [2.75, 3.05) is 18.0 Å². The number of hydrogen-bond donors (Lipinski definition) is 1. The molecule has 5 rings (SSSR count). The van der Waals surface area contributed by atoms with Crippen LogP contribution in [0.3, 0.4) is 0 Å². The summed E-state index contributed by atoms with van der Waals surface area (Å²) in [4.78, 5) is 17.5. The summed E-state index contributed by atoms with van der Waals surface area (Å²) in [5.41, 5.74) is 6.77. The monoisotopic (exact) mass is 635 g/mol. The second-order valence-electron chi connectivity index (χ2n) is 12.8. The van der Waals surface area contributed by atoms with Crippen LogP contribution in [0.1, 0.15) is 78.2 Å². The van der Waals surface area contributed by atoms with Crippen LogP contribution < -0.4 is 4.90 Å². The second-order valence-corrected chi connectivity index (χ2v) is 12.8. The number of aryl methyl sites for hydroxylation is 2. The van der Waals surface area contributed by atoms with Crippen molar-refractivity contribution in [3.63, 3.8) is 0 Å². The number of allylic oxidation sites excluding steroid dienone is 1. The zero-order chi connectivity index (χ0) is 34.1. The summed E-state index contributed by atoms with van der Waals surface area (Å²) >= 11 is 0. The van der Waals surface area contributed by atoms with Gasteiger partial charge in [0.25, 0.3) is 5.91 Å². The third-order valence-corrected chi connectivity index (χ3v) is 8.91. The minimum absolute atomic E-state index is 0.0403. The number of amides is 1. The number of hydrogen-bond acceptors (Lipinski definition) is 3. The number of para-hydroxylation sites is 1. The molecule has 0 bridgehead atoms. The minimum Gasteiger partial charge on any atom is -0.341 e. The van der Waals surface area contributed by atoms with Crippen molar-refractivity contribution in [2.24, 2.45) is 11.8 Å². The smallest absolute Gasteiger partial charge is 0.253 e. The second kappa shape index (κ2) is 16.3. The van der Waals surface area contributed by atoms with Crippen molar-refractivity contribution in [1.82, 2.24) is 4.90 Å². The molecular formula is C41H47F2N3O. The van der Waals surface area contributed by atoms with Crippen LogP contribution in [0.2, 0.25) is 0 Å². The van der Waals surface area contributed by atoms with Crippen LogP contribution in [0.4, 0.5) is 14.5 Å². The zero-order valence-corrected chi connectivity index (χ0v) is 28.3. The molecule has 1 heterocycles. The molecule has 1 amide bonds. The zero-order valence-electron chi connectivity index (χ0n) is 28.3. The molecule has 4 aromatic rings. The number of carbonyl (C=O) groups is 1. The van der Waals surface area contributed by atoms with Crippen molar-refractivity contribution in [2.45, 2.75) is 60.4 Å². The van der Waals surface area contributed by atoms with Crippen molar-refractivity contribution in [3.05, 3.63) is 148 Å². The van der Waals surface area contributed by atoms with Crippen LogP contribution in [0.15, 0.2) is 103 Å². The number of piperidine rings is 1. The van der Waals surface area contributed by atoms with Gasteiger partial charge in [-0.2, -0.15) is 0 Å². The Kier molecular flexibility index (Phi) is 12.2. The molecule has 0 spiro atoms. The fourth-order valence-electron chi connectivity index (χ4n) is 5.72. The highest BCUT2D eigenvalue weighted by Gasteiger charge is 2.28. The quantitative estimate of drug-likeness (QED) is 0.186. The van der Waals surface area contributed by atoms with Crippen molar-refractivity contribution < 1.29 is 13.6 Å². The van der Waals surface area contributed by atoms with Gasteiger partial charge in [0.15, 0.2) is 0 Å². The largest absolute Gasteiger partial charge is 0.341 e. The third kappa shape index (κ3) is 9.25. The van der Waals surface area contributed by atoms with E-state index >= 15 is 0 Å². The Balaban J connectivity index is 0.000000930. The molecule has 1 saturated heterocycles. The molecule has 0 saturated carbocycles. The maximum absolute atomic E-state index is 14.0. The molecule has 0 aromatic heterocycles. The molecule has 0 aliphatic carbocycles. The first-order valence-corrected chi connectivity index (χ1v) is 16.5. The molecule has 0 atom stereocenters. The highest BCUT2D eigenvalue weighted by atomic mass is 19.1. The van der Waals surface area contributed by atoms with E-state index in [4.69, 9.17) is 5.41 Å². The Bertz CT molecular complexity index is 1700. The Morgan fingerprint density at radius 2 is 1.51 bits per heavy atom. The van der Waals surface area contributed by atoms with E-state index in [1.807, 2.05) is 36.1 Å². The van der Waals surface area contributed by atoms with E-state index in [2.05, 4.69) is 51.3 Å². The van der Waals surface area contributed by atoms with E-state index in [-0.39, 0.29) is 29.2 Å². The van der Waals surface area contributed by atoms with E-state index in [9.17, 15) is 13.6 Å². The van der Waals surface area contributed by atoms with Gasteiger partial charge >= 0.3 is 0 Å². The molecular weight excluding hydrogens is 588 g/mol. The van der Waals surface area contributed by atoms with Crippen LogP contribution >= 0.6 is 0 Å². The van der Waals surface area contributed by atoms with Crippen molar-refractivity contribution in [3.8, 4) is 0 Å². The lowest BCUT2D eigenvalue weighted by Gasteiger charge is -2.38. The van der Waals surface area contributed by atoms with Gasteiger partial charge in [0.1, 0.15) is 11.6 Å². The molecule has 1 N–H and O–H groups in total. The number of likely N-dealkylation sites (tertiary alicyclic amines) is 1. The van der Waals surface area contributed by atoms with Gasteiger partial charge in [-0.15, -0.1) is 0 Å². The summed E-state index contributed by atoms with van der Waals surface area (Å²) in [6.07, 6.45) is 2.86. The SMILES string of the molecule is C=C(C1CCN(C(=O)c2ccc(C(=N)c3cccc(F)c3)c(C)c2)CC1)N(Cc1cccc(F)c1)c1ccccc1C.CCC(C)C. The minimum atomic E-state index is -0.385. The molecule has 0 radical (unpaired) electrons. The Hall–Kier alpha value is -4.58. The maximum Gasteiger partial charge on any atom is 0.253 e. The summed E-state index contributed by atoms with van der Waals surface area (Å²) in [6.45, 7) is 16.8. The molecule has 246 valence electrons. The molecule has 4 nitrogen and oxygen atoms in total. The molecule has 1 fully saturated rings. The number of halogens is 2. The Morgan fingerprint density at radius 1 is 0.872 bits per heavy atom. The van der Waals surface area contributed by atoms with Crippen LogP contribution in [0, 0.1) is 42.7 Å². The lowest BCUT2D eigenvalue weighted by Crippen LogP contribution is -2.40. The predicted octanol–water partition coefficient (Wildman–Crippen LogP) is 10.1. The topological polar surface area (TPSA) is 47.4 Å². The number of anilines is 1. The Morgan fingerprint density at radius 3 is 2.11 bits per heavy atom. The number of benzene rings is 4. The molecule has 1 aliphatic rings. The fraction of sp³-hybridized carbons (Fsp3) is 0.317. The summed E-state index contributed by atoms with van der Waals surface area (Å²) in [5.74, 6) is 0.377. The molecule has 47 heavy (non-hydrogen) atoms. The number of nitrogens with one attached hydrogen (secondary N) is 1. The van der Waals surface area contributed by atoms with Gasteiger partial charge in [0.05, 0.1) is 5.71 Å². The first-order valence-electron chi connectivity index (χ1n) is 16.5. The number of rotatable bonds is 9. The van der Waals surface area contributed by atoms with Gasteiger partial charge in [-0.25, -0.2) is 8.78 Å².